The van der Waals surface area contributed by atoms with Gasteiger partial charge in [0.2, 0.25) is 0 Å². The second-order valence-corrected chi connectivity index (χ2v) is 5.02. The van der Waals surface area contributed by atoms with Crippen molar-refractivity contribution >= 4 is 22.6 Å². The Labute approximate surface area is 106 Å². The lowest BCUT2D eigenvalue weighted by molar-refractivity contribution is -0.0133. The predicted octanol–water partition coefficient (Wildman–Crippen LogP) is 4.22. The molecule has 0 radical (unpaired) electrons. The molecule has 0 fully saturated rings. The maximum absolute atomic E-state index is 6.04. The fraction of sp³-hybridized carbons (Fsp3) is 0.538. The van der Waals surface area contributed by atoms with Crippen molar-refractivity contribution in [2.45, 2.75) is 33.0 Å². The molecule has 0 aliphatic heterocycles. The smallest absolute Gasteiger partial charge is 0.0918 e. The molecule has 0 N–H and O–H groups in total. The Hall–Kier alpha value is -0.0900. The van der Waals surface area contributed by atoms with E-state index >= 15 is 0 Å². The minimum atomic E-state index is 0.226. The number of hydrogen-bond donors (Lipinski definition) is 0. The zero-order chi connectivity index (χ0) is 11.3. The summed E-state index contributed by atoms with van der Waals surface area (Å²) in [5.41, 5.74) is 1.28. The third-order valence-electron chi connectivity index (χ3n) is 2.63. The Kier molecular flexibility index (Phi) is 5.61. The minimum Gasteiger partial charge on any atom is -0.370 e. The molecule has 1 rings (SSSR count). The summed E-state index contributed by atoms with van der Waals surface area (Å²) in [4.78, 5) is 0. The van der Waals surface area contributed by atoms with Crippen LogP contribution in [0.15, 0.2) is 30.3 Å². The molecule has 0 aliphatic rings. The number of benzene rings is 1. The van der Waals surface area contributed by atoms with Gasteiger partial charge in [-0.2, -0.15) is 0 Å². The molecule has 1 aromatic carbocycles. The van der Waals surface area contributed by atoms with E-state index < -0.39 is 0 Å². The van der Waals surface area contributed by atoms with E-state index in [1.807, 2.05) is 6.07 Å². The third kappa shape index (κ3) is 4.11. The van der Waals surface area contributed by atoms with Crippen LogP contribution in [-0.4, -0.2) is 10.5 Å². The molecule has 0 amide bonds. The van der Waals surface area contributed by atoms with E-state index in [2.05, 4.69) is 67.6 Å². The second-order valence-electron chi connectivity index (χ2n) is 4.14. The van der Waals surface area contributed by atoms with Gasteiger partial charge in [-0.05, 0) is 18.4 Å². The maximum atomic E-state index is 6.04. The van der Waals surface area contributed by atoms with Crippen LogP contribution >= 0.6 is 22.6 Å². The molecule has 0 saturated heterocycles. The van der Waals surface area contributed by atoms with Gasteiger partial charge in [0.05, 0.1) is 12.2 Å². The lowest BCUT2D eigenvalue weighted by Gasteiger charge is -2.23. The van der Waals surface area contributed by atoms with Gasteiger partial charge in [-0.1, -0.05) is 66.8 Å². The van der Waals surface area contributed by atoms with Crippen LogP contribution in [-0.2, 0) is 4.74 Å². The van der Waals surface area contributed by atoms with Crippen LogP contribution in [0.1, 0.15) is 32.4 Å². The highest BCUT2D eigenvalue weighted by Gasteiger charge is 2.16. The monoisotopic (exact) mass is 318 g/mol. The van der Waals surface area contributed by atoms with Crippen LogP contribution in [0.5, 0.6) is 0 Å². The topological polar surface area (TPSA) is 9.23 Å². The van der Waals surface area contributed by atoms with Crippen molar-refractivity contribution in [1.29, 1.82) is 0 Å². The van der Waals surface area contributed by atoms with Crippen molar-refractivity contribution in [2.24, 2.45) is 5.92 Å². The van der Waals surface area contributed by atoms with Gasteiger partial charge in [-0.25, -0.2) is 0 Å². The molecule has 2 heteroatoms. The standard InChI is InChI=1S/C13H19IO/c1-10(2)11(3)15-13(9-14)12-7-5-4-6-8-12/h4-8,10-11,13H,9H2,1-3H3. The molecule has 0 bridgehead atoms. The number of ether oxygens (including phenoxy) is 1. The average molecular weight is 318 g/mol. The van der Waals surface area contributed by atoms with Gasteiger partial charge in [0.15, 0.2) is 0 Å². The average Bonchev–Trinajstić information content (AvgIpc) is 2.26. The van der Waals surface area contributed by atoms with Gasteiger partial charge in [0, 0.05) is 4.43 Å². The lowest BCUT2D eigenvalue weighted by atomic mass is 10.1. The molecule has 15 heavy (non-hydrogen) atoms. The molecule has 2 atom stereocenters. The van der Waals surface area contributed by atoms with Crippen molar-refractivity contribution in [3.8, 4) is 0 Å². The molecule has 2 unspecified atom stereocenters. The summed E-state index contributed by atoms with van der Waals surface area (Å²) in [5.74, 6) is 0.569. The maximum Gasteiger partial charge on any atom is 0.0918 e. The first kappa shape index (κ1) is 13.0. The van der Waals surface area contributed by atoms with Gasteiger partial charge >= 0.3 is 0 Å². The first-order valence-corrected chi connectivity index (χ1v) is 6.94. The zero-order valence-corrected chi connectivity index (χ0v) is 11.8. The Morgan fingerprint density at radius 1 is 1.13 bits per heavy atom. The number of hydrogen-bond acceptors (Lipinski definition) is 1. The summed E-state index contributed by atoms with van der Waals surface area (Å²) >= 11 is 2.38. The molecule has 84 valence electrons. The van der Waals surface area contributed by atoms with Crippen molar-refractivity contribution in [2.75, 3.05) is 4.43 Å². The molecule has 0 spiro atoms. The van der Waals surface area contributed by atoms with Gasteiger partial charge in [-0.15, -0.1) is 0 Å². The predicted molar refractivity (Wildman–Crippen MR) is 73.5 cm³/mol. The lowest BCUT2D eigenvalue weighted by Crippen LogP contribution is -2.19. The first-order chi connectivity index (χ1) is 7.15. The highest BCUT2D eigenvalue weighted by atomic mass is 127. The van der Waals surface area contributed by atoms with E-state index in [1.165, 1.54) is 5.56 Å². The van der Waals surface area contributed by atoms with Gasteiger partial charge in [0.25, 0.3) is 0 Å². The quantitative estimate of drug-likeness (QED) is 0.583. The van der Waals surface area contributed by atoms with Gasteiger partial charge in [0.1, 0.15) is 0 Å². The number of halogens is 1. The molecule has 0 saturated carbocycles. The Balaban J connectivity index is 2.65. The number of alkyl halides is 1. The van der Waals surface area contributed by atoms with Crippen LogP contribution < -0.4 is 0 Å². The summed E-state index contributed by atoms with van der Waals surface area (Å²) in [6.45, 7) is 6.53. The van der Waals surface area contributed by atoms with E-state index in [0.29, 0.717) is 12.0 Å². The van der Waals surface area contributed by atoms with E-state index in [-0.39, 0.29) is 6.10 Å². The fourth-order valence-corrected chi connectivity index (χ4v) is 2.00. The summed E-state index contributed by atoms with van der Waals surface area (Å²) in [7, 11) is 0. The highest BCUT2D eigenvalue weighted by molar-refractivity contribution is 14.1. The minimum absolute atomic E-state index is 0.226. The van der Waals surface area contributed by atoms with Crippen LogP contribution in [0.4, 0.5) is 0 Å². The Morgan fingerprint density at radius 3 is 2.20 bits per heavy atom. The number of rotatable bonds is 5. The van der Waals surface area contributed by atoms with E-state index in [4.69, 9.17) is 4.74 Å². The van der Waals surface area contributed by atoms with E-state index in [1.54, 1.807) is 0 Å². The van der Waals surface area contributed by atoms with Crippen LogP contribution in [0.3, 0.4) is 0 Å². The molecule has 1 aromatic rings. The molecule has 0 heterocycles. The Morgan fingerprint density at radius 2 is 1.73 bits per heavy atom. The molecular formula is C13H19IO. The van der Waals surface area contributed by atoms with E-state index in [9.17, 15) is 0 Å². The third-order valence-corrected chi connectivity index (χ3v) is 3.43. The first-order valence-electron chi connectivity index (χ1n) is 5.41. The summed E-state index contributed by atoms with van der Waals surface area (Å²) < 4.78 is 7.04. The van der Waals surface area contributed by atoms with Crippen LogP contribution in [0.2, 0.25) is 0 Å². The fourth-order valence-electron chi connectivity index (χ4n) is 1.29. The van der Waals surface area contributed by atoms with Crippen molar-refractivity contribution < 1.29 is 4.74 Å². The van der Waals surface area contributed by atoms with Crippen molar-refractivity contribution in [3.05, 3.63) is 35.9 Å². The van der Waals surface area contributed by atoms with Crippen molar-refractivity contribution in [1.82, 2.24) is 0 Å². The van der Waals surface area contributed by atoms with Gasteiger partial charge in [-0.3, -0.25) is 0 Å². The Bertz CT molecular complexity index is 271. The SMILES string of the molecule is CC(C)C(C)OC(CI)c1ccccc1. The summed E-state index contributed by atoms with van der Waals surface area (Å²) in [5, 5.41) is 0. The highest BCUT2D eigenvalue weighted by Crippen LogP contribution is 2.23. The van der Waals surface area contributed by atoms with Crippen LogP contribution in [0, 0.1) is 5.92 Å². The second kappa shape index (κ2) is 6.48. The molecular weight excluding hydrogens is 299 g/mol. The summed E-state index contributed by atoms with van der Waals surface area (Å²) in [6.07, 6.45) is 0.536. The molecule has 0 aromatic heterocycles. The van der Waals surface area contributed by atoms with Gasteiger partial charge < -0.3 is 4.74 Å². The summed E-state index contributed by atoms with van der Waals surface area (Å²) in [6, 6.07) is 10.4. The normalized spacial score (nSPS) is 15.3. The zero-order valence-electron chi connectivity index (χ0n) is 9.61. The molecule has 0 aliphatic carbocycles. The van der Waals surface area contributed by atoms with Crippen LogP contribution in [0.25, 0.3) is 0 Å². The van der Waals surface area contributed by atoms with Crippen molar-refractivity contribution in [3.63, 3.8) is 0 Å². The largest absolute Gasteiger partial charge is 0.370 e. The van der Waals surface area contributed by atoms with E-state index in [0.717, 1.165) is 4.43 Å². The molecule has 1 nitrogen and oxygen atoms in total.